The van der Waals surface area contributed by atoms with Gasteiger partial charge in [0, 0.05) is 5.41 Å². The van der Waals surface area contributed by atoms with Gasteiger partial charge < -0.3 is 11.5 Å². The summed E-state index contributed by atoms with van der Waals surface area (Å²) in [6, 6.07) is 0. The molecule has 0 aromatic heterocycles. The normalized spacial score (nSPS) is 21.2. The molecule has 1 aliphatic rings. The molecule has 0 bridgehead atoms. The summed E-state index contributed by atoms with van der Waals surface area (Å²) in [6.45, 7) is 4.30. The molecule has 0 atom stereocenters. The van der Waals surface area contributed by atoms with Crippen LogP contribution in [0, 0.1) is 5.41 Å². The van der Waals surface area contributed by atoms with Crippen molar-refractivity contribution < 1.29 is 0 Å². The molecular weight excluding hydrogens is 148 g/mol. The van der Waals surface area contributed by atoms with Gasteiger partial charge in [0.05, 0.1) is 11.4 Å². The fourth-order valence-electron chi connectivity index (χ4n) is 1.04. The molecule has 66 valence electrons. The van der Waals surface area contributed by atoms with Gasteiger partial charge in [0.25, 0.3) is 0 Å². The van der Waals surface area contributed by atoms with Gasteiger partial charge in [-0.05, 0) is 18.6 Å². The molecular formula is C10H16N2. The van der Waals surface area contributed by atoms with Gasteiger partial charge in [0.2, 0.25) is 0 Å². The summed E-state index contributed by atoms with van der Waals surface area (Å²) in [5.74, 6) is 0. The monoisotopic (exact) mass is 164 g/mol. The Balaban J connectivity index is 2.98. The van der Waals surface area contributed by atoms with E-state index in [1.165, 1.54) is 0 Å². The van der Waals surface area contributed by atoms with Gasteiger partial charge in [-0.25, -0.2) is 0 Å². The molecule has 2 nitrogen and oxygen atoms in total. The predicted octanol–water partition coefficient (Wildman–Crippen LogP) is 1.66. The van der Waals surface area contributed by atoms with Gasteiger partial charge in [-0.1, -0.05) is 26.0 Å². The molecule has 0 aliphatic heterocycles. The van der Waals surface area contributed by atoms with Gasteiger partial charge in [-0.2, -0.15) is 0 Å². The van der Waals surface area contributed by atoms with Crippen LogP contribution < -0.4 is 11.5 Å². The van der Waals surface area contributed by atoms with Crippen molar-refractivity contribution in [2.24, 2.45) is 16.9 Å². The third kappa shape index (κ3) is 1.70. The molecule has 0 radical (unpaired) electrons. The van der Waals surface area contributed by atoms with E-state index in [0.717, 1.165) is 6.42 Å². The van der Waals surface area contributed by atoms with Crippen LogP contribution in [0.15, 0.2) is 35.7 Å². The van der Waals surface area contributed by atoms with Crippen LogP contribution >= 0.6 is 0 Å². The van der Waals surface area contributed by atoms with Gasteiger partial charge in [-0.3, -0.25) is 0 Å². The van der Waals surface area contributed by atoms with Crippen LogP contribution in [0.2, 0.25) is 0 Å². The third-order valence-electron chi connectivity index (χ3n) is 2.38. The van der Waals surface area contributed by atoms with Crippen molar-refractivity contribution in [1.29, 1.82) is 0 Å². The van der Waals surface area contributed by atoms with E-state index in [9.17, 15) is 0 Å². The Labute approximate surface area is 73.6 Å². The zero-order valence-electron chi connectivity index (χ0n) is 7.67. The zero-order valence-corrected chi connectivity index (χ0v) is 7.67. The van der Waals surface area contributed by atoms with E-state index in [1.807, 2.05) is 12.2 Å². The second-order valence-electron chi connectivity index (χ2n) is 3.44. The van der Waals surface area contributed by atoms with Crippen LogP contribution in [0.1, 0.15) is 20.3 Å². The largest absolute Gasteiger partial charge is 0.397 e. The molecule has 0 saturated heterocycles. The SMILES string of the molecule is CCC1(C)C=CC(N)=C(N)C=C1. The topological polar surface area (TPSA) is 52.0 Å². The highest BCUT2D eigenvalue weighted by Gasteiger charge is 2.15. The van der Waals surface area contributed by atoms with Crippen LogP contribution in [0.3, 0.4) is 0 Å². The Morgan fingerprint density at radius 1 is 1.17 bits per heavy atom. The number of hydrogen-bond acceptors (Lipinski definition) is 2. The Morgan fingerprint density at radius 3 is 1.92 bits per heavy atom. The number of hydrogen-bond donors (Lipinski definition) is 2. The van der Waals surface area contributed by atoms with E-state index >= 15 is 0 Å². The van der Waals surface area contributed by atoms with Gasteiger partial charge >= 0.3 is 0 Å². The highest BCUT2D eigenvalue weighted by molar-refractivity contribution is 5.34. The quantitative estimate of drug-likeness (QED) is 0.619. The summed E-state index contributed by atoms with van der Waals surface area (Å²) in [7, 11) is 0. The van der Waals surface area contributed by atoms with Gasteiger partial charge in [-0.15, -0.1) is 0 Å². The summed E-state index contributed by atoms with van der Waals surface area (Å²) < 4.78 is 0. The van der Waals surface area contributed by atoms with Crippen LogP contribution in [0.25, 0.3) is 0 Å². The number of rotatable bonds is 1. The average Bonchev–Trinajstić information content (AvgIpc) is 2.20. The Kier molecular flexibility index (Phi) is 2.27. The molecule has 12 heavy (non-hydrogen) atoms. The van der Waals surface area contributed by atoms with Crippen molar-refractivity contribution in [2.75, 3.05) is 0 Å². The highest BCUT2D eigenvalue weighted by atomic mass is 14.7. The highest BCUT2D eigenvalue weighted by Crippen LogP contribution is 2.27. The summed E-state index contributed by atoms with van der Waals surface area (Å²) in [5, 5.41) is 0. The minimum absolute atomic E-state index is 0.103. The van der Waals surface area contributed by atoms with Crippen LogP contribution in [0.4, 0.5) is 0 Å². The minimum atomic E-state index is 0.103. The third-order valence-corrected chi connectivity index (χ3v) is 2.38. The van der Waals surface area contributed by atoms with Crippen molar-refractivity contribution in [2.45, 2.75) is 20.3 Å². The fourth-order valence-corrected chi connectivity index (χ4v) is 1.04. The van der Waals surface area contributed by atoms with Crippen molar-refractivity contribution in [1.82, 2.24) is 0 Å². The van der Waals surface area contributed by atoms with Crippen LogP contribution in [-0.4, -0.2) is 0 Å². The maximum absolute atomic E-state index is 5.67. The fraction of sp³-hybridized carbons (Fsp3) is 0.400. The standard InChI is InChI=1S/C10H16N2/c1-3-10(2)6-4-8(11)9(12)5-7-10/h4-7H,3,11-12H2,1-2H3. The molecule has 0 amide bonds. The van der Waals surface area contributed by atoms with Crippen LogP contribution in [-0.2, 0) is 0 Å². The molecule has 0 fully saturated rings. The first kappa shape index (κ1) is 8.91. The van der Waals surface area contributed by atoms with Crippen molar-refractivity contribution >= 4 is 0 Å². The lowest BCUT2D eigenvalue weighted by molar-refractivity contribution is 0.530. The van der Waals surface area contributed by atoms with Crippen molar-refractivity contribution in [3.63, 3.8) is 0 Å². The predicted molar refractivity (Wildman–Crippen MR) is 52.1 cm³/mol. The first-order valence-electron chi connectivity index (χ1n) is 4.21. The summed E-state index contributed by atoms with van der Waals surface area (Å²) in [5.41, 5.74) is 12.8. The molecule has 0 heterocycles. The van der Waals surface area contributed by atoms with Gasteiger partial charge in [0.1, 0.15) is 0 Å². The summed E-state index contributed by atoms with van der Waals surface area (Å²) in [6.07, 6.45) is 9.02. The van der Waals surface area contributed by atoms with E-state index in [4.69, 9.17) is 11.5 Å². The molecule has 0 aromatic rings. The Hall–Kier alpha value is -1.18. The van der Waals surface area contributed by atoms with Crippen molar-refractivity contribution in [3.05, 3.63) is 35.7 Å². The molecule has 0 saturated carbocycles. The number of nitrogens with two attached hydrogens (primary N) is 2. The molecule has 0 unspecified atom stereocenters. The second kappa shape index (κ2) is 3.05. The van der Waals surface area contributed by atoms with E-state index in [2.05, 4.69) is 26.0 Å². The van der Waals surface area contributed by atoms with E-state index in [-0.39, 0.29) is 5.41 Å². The smallest absolute Gasteiger partial charge is 0.0544 e. The average molecular weight is 164 g/mol. The first-order valence-corrected chi connectivity index (χ1v) is 4.21. The number of allylic oxidation sites excluding steroid dienone is 4. The molecule has 2 heteroatoms. The maximum atomic E-state index is 5.67. The zero-order chi connectivity index (χ0) is 9.19. The lowest BCUT2D eigenvalue weighted by Gasteiger charge is -2.17. The van der Waals surface area contributed by atoms with E-state index < -0.39 is 0 Å². The molecule has 1 rings (SSSR count). The first-order chi connectivity index (χ1) is 5.57. The summed E-state index contributed by atoms with van der Waals surface area (Å²) in [4.78, 5) is 0. The molecule has 0 spiro atoms. The van der Waals surface area contributed by atoms with Gasteiger partial charge in [0.15, 0.2) is 0 Å². The molecule has 4 N–H and O–H groups in total. The van der Waals surface area contributed by atoms with Crippen LogP contribution in [0.5, 0.6) is 0 Å². The second-order valence-corrected chi connectivity index (χ2v) is 3.44. The Morgan fingerprint density at radius 2 is 1.58 bits per heavy atom. The van der Waals surface area contributed by atoms with E-state index in [0.29, 0.717) is 11.4 Å². The van der Waals surface area contributed by atoms with Crippen molar-refractivity contribution in [3.8, 4) is 0 Å². The van der Waals surface area contributed by atoms with E-state index in [1.54, 1.807) is 0 Å². The lowest BCUT2D eigenvalue weighted by Crippen LogP contribution is -2.06. The molecule has 1 aliphatic carbocycles. The maximum Gasteiger partial charge on any atom is 0.0544 e. The minimum Gasteiger partial charge on any atom is -0.397 e. The Bertz CT molecular complexity index is 237. The molecule has 0 aromatic carbocycles. The summed E-state index contributed by atoms with van der Waals surface area (Å²) >= 11 is 0. The lowest BCUT2D eigenvalue weighted by atomic mass is 9.87.